The van der Waals surface area contributed by atoms with Gasteiger partial charge in [-0.1, -0.05) is 19.3 Å². The number of nitrogens with one attached hydrogen (secondary N) is 1. The Balaban J connectivity index is 1.47. The van der Waals surface area contributed by atoms with Crippen LogP contribution >= 0.6 is 0 Å². The van der Waals surface area contributed by atoms with Crippen molar-refractivity contribution in [3.05, 3.63) is 70.3 Å². The van der Waals surface area contributed by atoms with E-state index in [2.05, 4.69) is 10.2 Å². The second-order valence-corrected chi connectivity index (χ2v) is 10.5. The zero-order chi connectivity index (χ0) is 29.1. The third-order valence-electron chi connectivity index (χ3n) is 7.66. The molecule has 1 amide bonds. The van der Waals surface area contributed by atoms with E-state index in [1.54, 1.807) is 0 Å². The predicted molar refractivity (Wildman–Crippen MR) is 132 cm³/mol. The average molecular weight is 578 g/mol. The van der Waals surface area contributed by atoms with Crippen LogP contribution in [0.3, 0.4) is 0 Å². The Morgan fingerprint density at radius 2 is 1.35 bits per heavy atom. The molecule has 0 aromatic heterocycles. The Labute approximate surface area is 227 Å². The van der Waals surface area contributed by atoms with Gasteiger partial charge >= 0.3 is 12.4 Å². The van der Waals surface area contributed by atoms with Crippen molar-refractivity contribution in [3.63, 3.8) is 0 Å². The number of amides is 1. The van der Waals surface area contributed by atoms with E-state index in [0.29, 0.717) is 31.3 Å². The highest BCUT2D eigenvalue weighted by molar-refractivity contribution is 5.78. The number of alkyl halides is 6. The highest BCUT2D eigenvalue weighted by Crippen LogP contribution is 2.36. The monoisotopic (exact) mass is 577 g/mol. The van der Waals surface area contributed by atoms with E-state index in [1.807, 2.05) is 4.90 Å². The minimum atomic E-state index is -5.03. The van der Waals surface area contributed by atoms with Crippen LogP contribution in [0.1, 0.15) is 60.4 Å². The Hall–Kier alpha value is -2.73. The maximum atomic E-state index is 14.1. The van der Waals surface area contributed by atoms with Crippen LogP contribution < -0.4 is 5.32 Å². The average Bonchev–Trinajstić information content (AvgIpc) is 2.88. The lowest BCUT2D eigenvalue weighted by Gasteiger charge is -2.43. The molecular formula is C28H31F8N3O. The topological polar surface area (TPSA) is 35.6 Å². The molecule has 40 heavy (non-hydrogen) atoms. The number of carbonyl (C=O) groups excluding carboxylic acids is 1. The second kappa shape index (κ2) is 12.4. The Morgan fingerprint density at radius 3 is 1.88 bits per heavy atom. The fourth-order valence-electron chi connectivity index (χ4n) is 5.67. The molecule has 2 fully saturated rings. The van der Waals surface area contributed by atoms with Crippen LogP contribution in [0.4, 0.5) is 35.1 Å². The highest BCUT2D eigenvalue weighted by Gasteiger charge is 2.37. The van der Waals surface area contributed by atoms with Gasteiger partial charge in [-0.25, -0.2) is 8.78 Å². The first-order chi connectivity index (χ1) is 18.8. The van der Waals surface area contributed by atoms with Crippen molar-refractivity contribution in [2.45, 2.75) is 63.0 Å². The number of benzene rings is 2. The summed E-state index contributed by atoms with van der Waals surface area (Å²) in [6.45, 7) is 2.47. The maximum absolute atomic E-state index is 14.1. The molecule has 1 saturated heterocycles. The van der Waals surface area contributed by atoms with Gasteiger partial charge in [-0.3, -0.25) is 14.6 Å². The molecule has 0 radical (unpaired) electrons. The van der Waals surface area contributed by atoms with Crippen LogP contribution in [-0.4, -0.2) is 54.5 Å². The molecule has 1 aliphatic heterocycles. The van der Waals surface area contributed by atoms with E-state index in [0.717, 1.165) is 44.1 Å². The molecule has 1 heterocycles. The summed E-state index contributed by atoms with van der Waals surface area (Å²) in [6.07, 6.45) is -4.96. The van der Waals surface area contributed by atoms with E-state index < -0.39 is 59.0 Å². The van der Waals surface area contributed by atoms with E-state index >= 15 is 0 Å². The zero-order valence-corrected chi connectivity index (χ0v) is 21.7. The highest BCUT2D eigenvalue weighted by atomic mass is 19.4. The largest absolute Gasteiger partial charge is 0.416 e. The minimum Gasteiger partial charge on any atom is -0.354 e. The van der Waals surface area contributed by atoms with Crippen LogP contribution in [0.15, 0.2) is 36.4 Å². The summed E-state index contributed by atoms with van der Waals surface area (Å²) in [5, 5.41) is 2.56. The fraction of sp³-hybridized carbons (Fsp3) is 0.536. The summed E-state index contributed by atoms with van der Waals surface area (Å²) in [7, 11) is 0. The smallest absolute Gasteiger partial charge is 0.354 e. The lowest BCUT2D eigenvalue weighted by molar-refractivity contribution is -0.143. The van der Waals surface area contributed by atoms with Crippen molar-refractivity contribution >= 4 is 5.91 Å². The summed E-state index contributed by atoms with van der Waals surface area (Å²) < 4.78 is 107. The molecule has 0 bridgehead atoms. The minimum absolute atomic E-state index is 0.00287. The molecule has 1 saturated carbocycles. The first-order valence-electron chi connectivity index (χ1n) is 13.3. The molecule has 1 aliphatic carbocycles. The molecule has 1 N–H and O–H groups in total. The van der Waals surface area contributed by atoms with Crippen molar-refractivity contribution < 1.29 is 39.9 Å². The van der Waals surface area contributed by atoms with Gasteiger partial charge in [0.1, 0.15) is 11.6 Å². The van der Waals surface area contributed by atoms with E-state index in [1.165, 1.54) is 19.3 Å². The summed E-state index contributed by atoms with van der Waals surface area (Å²) in [6, 6.07) is 3.93. The van der Waals surface area contributed by atoms with Crippen molar-refractivity contribution in [2.75, 3.05) is 32.7 Å². The summed E-state index contributed by atoms with van der Waals surface area (Å²) in [4.78, 5) is 17.1. The number of hydrogen-bond donors (Lipinski definition) is 1. The van der Waals surface area contributed by atoms with Gasteiger partial charge in [-0.15, -0.1) is 0 Å². The predicted octanol–water partition coefficient (Wildman–Crippen LogP) is 6.35. The SMILES string of the molecule is O=C(Cc1cc(C(F)(F)F)cc(C(F)(F)F)c1)NCC(c1cc(F)cc(F)c1)N1CCN(C2CCCCC2)CC1. The fourth-order valence-corrected chi connectivity index (χ4v) is 5.67. The maximum Gasteiger partial charge on any atom is 0.416 e. The molecule has 2 aliphatic rings. The summed E-state index contributed by atoms with van der Waals surface area (Å²) in [5.41, 5.74) is -3.18. The van der Waals surface area contributed by atoms with Crippen LogP contribution in [0.25, 0.3) is 0 Å². The molecule has 220 valence electrons. The first kappa shape index (κ1) is 30.2. The van der Waals surface area contributed by atoms with E-state index in [-0.39, 0.29) is 18.2 Å². The first-order valence-corrected chi connectivity index (χ1v) is 13.3. The van der Waals surface area contributed by atoms with Crippen molar-refractivity contribution in [2.24, 2.45) is 0 Å². The number of rotatable bonds is 7. The normalized spacial score (nSPS) is 19.0. The molecule has 4 rings (SSSR count). The molecular weight excluding hydrogens is 546 g/mol. The van der Waals surface area contributed by atoms with Crippen molar-refractivity contribution in [1.29, 1.82) is 0 Å². The van der Waals surface area contributed by atoms with Crippen molar-refractivity contribution in [1.82, 2.24) is 15.1 Å². The van der Waals surface area contributed by atoms with Crippen LogP contribution in [0.5, 0.6) is 0 Å². The third-order valence-corrected chi connectivity index (χ3v) is 7.66. The van der Waals surface area contributed by atoms with Gasteiger partial charge in [-0.05, 0) is 54.3 Å². The van der Waals surface area contributed by atoms with Gasteiger partial charge in [0.25, 0.3) is 0 Å². The van der Waals surface area contributed by atoms with Crippen LogP contribution in [0.2, 0.25) is 0 Å². The lowest BCUT2D eigenvalue weighted by Crippen LogP contribution is -2.53. The Kier molecular flexibility index (Phi) is 9.39. The zero-order valence-electron chi connectivity index (χ0n) is 21.7. The van der Waals surface area contributed by atoms with E-state index in [9.17, 15) is 39.9 Å². The van der Waals surface area contributed by atoms with Gasteiger partial charge in [0, 0.05) is 44.8 Å². The number of halogens is 8. The molecule has 2 aromatic rings. The van der Waals surface area contributed by atoms with Gasteiger partial charge in [0.15, 0.2) is 0 Å². The number of hydrogen-bond acceptors (Lipinski definition) is 3. The molecule has 4 nitrogen and oxygen atoms in total. The quantitative estimate of drug-likeness (QED) is 0.390. The van der Waals surface area contributed by atoms with Crippen LogP contribution in [0, 0.1) is 11.6 Å². The van der Waals surface area contributed by atoms with Gasteiger partial charge in [-0.2, -0.15) is 26.3 Å². The molecule has 0 spiro atoms. The van der Waals surface area contributed by atoms with Gasteiger partial charge in [0.05, 0.1) is 23.6 Å². The summed E-state index contributed by atoms with van der Waals surface area (Å²) in [5.74, 6) is -2.40. The second-order valence-electron chi connectivity index (χ2n) is 10.5. The molecule has 12 heteroatoms. The van der Waals surface area contributed by atoms with Gasteiger partial charge < -0.3 is 5.32 Å². The third kappa shape index (κ3) is 7.93. The number of piperazine rings is 1. The number of nitrogens with zero attached hydrogens (tertiary/aromatic N) is 2. The standard InChI is InChI=1S/C28H31F8N3O/c29-22-13-19(14-23(30)16-22)25(39-8-6-38(7-9-39)24-4-2-1-3-5-24)17-37-26(40)12-18-10-20(27(31,32)33)15-21(11-18)28(34,35)36/h10-11,13-16,24-25H,1-9,12,17H2,(H,37,40). The molecule has 1 atom stereocenters. The Morgan fingerprint density at radius 1 is 0.800 bits per heavy atom. The van der Waals surface area contributed by atoms with Crippen LogP contribution in [-0.2, 0) is 23.6 Å². The van der Waals surface area contributed by atoms with E-state index in [4.69, 9.17) is 0 Å². The molecule has 1 unspecified atom stereocenters. The Bertz CT molecular complexity index is 1120. The van der Waals surface area contributed by atoms with Crippen molar-refractivity contribution in [3.8, 4) is 0 Å². The summed E-state index contributed by atoms with van der Waals surface area (Å²) >= 11 is 0. The number of carbonyl (C=O) groups is 1. The van der Waals surface area contributed by atoms with Gasteiger partial charge in [0.2, 0.25) is 5.91 Å². The lowest BCUT2D eigenvalue weighted by atomic mass is 9.93. The molecule has 2 aromatic carbocycles.